The van der Waals surface area contributed by atoms with Crippen molar-refractivity contribution in [3.05, 3.63) is 70.4 Å². The van der Waals surface area contributed by atoms with E-state index in [0.29, 0.717) is 28.1 Å². The first-order valence-corrected chi connectivity index (χ1v) is 10.1. The van der Waals surface area contributed by atoms with Crippen molar-refractivity contribution in [2.45, 2.75) is 31.7 Å². The molecule has 10 heteroatoms. The van der Waals surface area contributed by atoms with Gasteiger partial charge in [0.1, 0.15) is 6.10 Å². The highest BCUT2D eigenvalue weighted by atomic mass is 35.5. The lowest BCUT2D eigenvalue weighted by Crippen LogP contribution is -2.35. The van der Waals surface area contributed by atoms with E-state index in [1.165, 1.54) is 12.1 Å². The SMILES string of the molecule is C[C@H](Cc1c[nH]c2c(C(N)=O)cccc12)NC[C@H](OC(=O)C(F)(F)F)c1cccc(Cl)c1. The summed E-state index contributed by atoms with van der Waals surface area (Å²) in [5, 5.41) is 4.24. The van der Waals surface area contributed by atoms with Gasteiger partial charge >= 0.3 is 12.1 Å². The summed E-state index contributed by atoms with van der Waals surface area (Å²) in [6, 6.07) is 11.1. The van der Waals surface area contributed by atoms with E-state index in [4.69, 9.17) is 22.1 Å². The smallest absolute Gasteiger partial charge is 0.449 e. The molecule has 2 aromatic carbocycles. The van der Waals surface area contributed by atoms with Crippen molar-refractivity contribution in [2.75, 3.05) is 6.54 Å². The van der Waals surface area contributed by atoms with Crippen LogP contribution in [0, 0.1) is 0 Å². The third kappa shape index (κ3) is 5.60. The number of para-hydroxylation sites is 1. The summed E-state index contributed by atoms with van der Waals surface area (Å²) in [7, 11) is 0. The molecule has 4 N–H and O–H groups in total. The molecule has 0 aliphatic carbocycles. The number of aromatic amines is 1. The van der Waals surface area contributed by atoms with E-state index >= 15 is 0 Å². The lowest BCUT2D eigenvalue weighted by molar-refractivity contribution is -0.205. The molecule has 0 unspecified atom stereocenters. The molecule has 3 aromatic rings. The average Bonchev–Trinajstić information content (AvgIpc) is 3.12. The van der Waals surface area contributed by atoms with Gasteiger partial charge in [-0.25, -0.2) is 4.79 Å². The van der Waals surface area contributed by atoms with Crippen LogP contribution in [-0.4, -0.2) is 35.6 Å². The predicted octanol–water partition coefficient (Wildman–Crippen LogP) is 4.29. The van der Waals surface area contributed by atoms with Gasteiger partial charge in [-0.05, 0) is 42.7 Å². The number of nitrogens with one attached hydrogen (secondary N) is 2. The van der Waals surface area contributed by atoms with E-state index < -0.39 is 24.2 Å². The van der Waals surface area contributed by atoms with Crippen molar-refractivity contribution in [3.8, 4) is 0 Å². The Labute approximate surface area is 186 Å². The molecule has 0 radical (unpaired) electrons. The highest BCUT2D eigenvalue weighted by Gasteiger charge is 2.42. The van der Waals surface area contributed by atoms with Crippen LogP contribution in [0.2, 0.25) is 5.02 Å². The first-order chi connectivity index (χ1) is 15.1. The monoisotopic (exact) mass is 467 g/mol. The molecule has 32 heavy (non-hydrogen) atoms. The number of hydrogen-bond acceptors (Lipinski definition) is 4. The maximum Gasteiger partial charge on any atom is 0.490 e. The summed E-state index contributed by atoms with van der Waals surface area (Å²) >= 11 is 5.94. The van der Waals surface area contributed by atoms with E-state index in [1.54, 1.807) is 30.5 Å². The van der Waals surface area contributed by atoms with Gasteiger partial charge in [-0.3, -0.25) is 4.79 Å². The van der Waals surface area contributed by atoms with Crippen molar-refractivity contribution in [2.24, 2.45) is 5.73 Å². The molecule has 1 aromatic heterocycles. The molecule has 0 saturated carbocycles. The second-order valence-electron chi connectivity index (χ2n) is 7.37. The number of aromatic nitrogens is 1. The minimum atomic E-state index is -5.11. The van der Waals surface area contributed by atoms with Gasteiger partial charge < -0.3 is 20.8 Å². The number of esters is 1. The molecule has 0 spiro atoms. The van der Waals surface area contributed by atoms with Crippen LogP contribution in [0.15, 0.2) is 48.7 Å². The Morgan fingerprint density at radius 1 is 1.22 bits per heavy atom. The van der Waals surface area contributed by atoms with E-state index in [-0.39, 0.29) is 12.6 Å². The fourth-order valence-electron chi connectivity index (χ4n) is 3.43. The van der Waals surface area contributed by atoms with Gasteiger partial charge in [0.15, 0.2) is 0 Å². The number of carbonyl (C=O) groups excluding carboxylic acids is 2. The lowest BCUT2D eigenvalue weighted by Gasteiger charge is -2.22. The molecular formula is C22H21ClF3N3O3. The zero-order valence-electron chi connectivity index (χ0n) is 17.0. The minimum absolute atomic E-state index is 0.0573. The largest absolute Gasteiger partial charge is 0.490 e. The summed E-state index contributed by atoms with van der Waals surface area (Å²) in [6.07, 6.45) is -4.04. The zero-order valence-corrected chi connectivity index (χ0v) is 17.8. The van der Waals surface area contributed by atoms with Gasteiger partial charge in [-0.1, -0.05) is 35.9 Å². The minimum Gasteiger partial charge on any atom is -0.449 e. The molecule has 1 amide bonds. The second-order valence-corrected chi connectivity index (χ2v) is 7.80. The van der Waals surface area contributed by atoms with Gasteiger partial charge in [0.2, 0.25) is 0 Å². The van der Waals surface area contributed by atoms with E-state index in [2.05, 4.69) is 10.3 Å². The van der Waals surface area contributed by atoms with Crippen molar-refractivity contribution >= 4 is 34.4 Å². The van der Waals surface area contributed by atoms with Gasteiger partial charge in [-0.2, -0.15) is 13.2 Å². The third-order valence-corrected chi connectivity index (χ3v) is 5.18. The average molecular weight is 468 g/mol. The molecule has 0 fully saturated rings. The number of primary amides is 1. The molecule has 1 heterocycles. The van der Waals surface area contributed by atoms with Crippen LogP contribution in [-0.2, 0) is 16.0 Å². The van der Waals surface area contributed by atoms with Crippen molar-refractivity contribution in [3.63, 3.8) is 0 Å². The quantitative estimate of drug-likeness (QED) is 0.430. The first-order valence-electron chi connectivity index (χ1n) is 9.71. The number of nitrogens with two attached hydrogens (primary N) is 1. The van der Waals surface area contributed by atoms with Crippen LogP contribution in [0.25, 0.3) is 10.9 Å². The Morgan fingerprint density at radius 2 is 1.94 bits per heavy atom. The lowest BCUT2D eigenvalue weighted by atomic mass is 10.0. The Hall–Kier alpha value is -3.04. The van der Waals surface area contributed by atoms with Gasteiger partial charge in [0.25, 0.3) is 5.91 Å². The van der Waals surface area contributed by atoms with Crippen LogP contribution in [0.3, 0.4) is 0 Å². The summed E-state index contributed by atoms with van der Waals surface area (Å²) < 4.78 is 42.9. The van der Waals surface area contributed by atoms with Crippen LogP contribution in [0.5, 0.6) is 0 Å². The molecule has 3 rings (SSSR count). The van der Waals surface area contributed by atoms with Crippen molar-refractivity contribution in [1.29, 1.82) is 0 Å². The molecule has 6 nitrogen and oxygen atoms in total. The Balaban J connectivity index is 1.73. The molecule has 0 saturated heterocycles. The molecular weight excluding hydrogens is 447 g/mol. The van der Waals surface area contributed by atoms with E-state index in [9.17, 15) is 22.8 Å². The van der Waals surface area contributed by atoms with Gasteiger partial charge in [0, 0.05) is 29.2 Å². The van der Waals surface area contributed by atoms with Gasteiger partial charge in [-0.15, -0.1) is 0 Å². The second kappa shape index (κ2) is 9.62. The maximum atomic E-state index is 12.7. The predicted molar refractivity (Wildman–Crippen MR) is 114 cm³/mol. The molecule has 0 aliphatic rings. The highest BCUT2D eigenvalue weighted by Crippen LogP contribution is 2.26. The van der Waals surface area contributed by atoms with Crippen molar-refractivity contribution in [1.82, 2.24) is 10.3 Å². The number of ether oxygens (including phenoxy) is 1. The van der Waals surface area contributed by atoms with Crippen LogP contribution >= 0.6 is 11.6 Å². The first kappa shape index (κ1) is 23.6. The fraction of sp³-hybridized carbons (Fsp3) is 0.273. The summed E-state index contributed by atoms with van der Waals surface area (Å²) in [6.45, 7) is 1.79. The number of rotatable bonds is 8. The van der Waals surface area contributed by atoms with Crippen LogP contribution < -0.4 is 11.1 Å². The number of H-pyrrole nitrogens is 1. The normalized spacial score (nSPS) is 13.7. The maximum absolute atomic E-state index is 12.7. The number of alkyl halides is 3. The molecule has 170 valence electrons. The topological polar surface area (TPSA) is 97.2 Å². The highest BCUT2D eigenvalue weighted by molar-refractivity contribution is 6.30. The third-order valence-electron chi connectivity index (χ3n) is 4.95. The number of carbonyl (C=O) groups is 2. The summed E-state index contributed by atoms with van der Waals surface area (Å²) in [4.78, 5) is 26.1. The Morgan fingerprint density at radius 3 is 2.59 bits per heavy atom. The number of amides is 1. The van der Waals surface area contributed by atoms with E-state index in [0.717, 1.165) is 10.9 Å². The summed E-state index contributed by atoms with van der Waals surface area (Å²) in [5.41, 5.74) is 7.64. The fourth-order valence-corrected chi connectivity index (χ4v) is 3.63. The summed E-state index contributed by atoms with van der Waals surface area (Å²) in [5.74, 6) is -2.82. The molecule has 0 bridgehead atoms. The van der Waals surface area contributed by atoms with Crippen LogP contribution in [0.4, 0.5) is 13.2 Å². The molecule has 2 atom stereocenters. The molecule has 0 aliphatic heterocycles. The van der Waals surface area contributed by atoms with Crippen molar-refractivity contribution < 1.29 is 27.5 Å². The number of hydrogen-bond donors (Lipinski definition) is 3. The van der Waals surface area contributed by atoms with E-state index in [1.807, 2.05) is 13.0 Å². The number of benzene rings is 2. The number of halogens is 4. The standard InChI is InChI=1S/C22H21ClF3N3O3/c1-12(8-14-10-29-19-16(14)6-3-7-17(19)20(27)30)28-11-18(32-21(31)22(24,25)26)13-4-2-5-15(23)9-13/h2-7,9-10,12,18,28-29H,8,11H2,1H3,(H2,27,30)/t12-,18+/m1/s1. The van der Waals surface area contributed by atoms with Crippen LogP contribution in [0.1, 0.15) is 34.5 Å². The Bertz CT molecular complexity index is 1130. The van der Waals surface area contributed by atoms with Gasteiger partial charge in [0.05, 0.1) is 11.1 Å². The Kier molecular flexibility index (Phi) is 7.10. The zero-order chi connectivity index (χ0) is 23.5. The number of fused-ring (bicyclic) bond motifs is 1.